The molecule has 2 aromatic heterocycles. The molecule has 0 saturated heterocycles. The monoisotopic (exact) mass is 395 g/mol. The lowest BCUT2D eigenvalue weighted by atomic mass is 9.93. The molecule has 4 rings (SSSR count). The van der Waals surface area contributed by atoms with E-state index in [1.165, 1.54) is 0 Å². The lowest BCUT2D eigenvalue weighted by Gasteiger charge is -2.28. The third-order valence-corrected chi connectivity index (χ3v) is 5.19. The van der Waals surface area contributed by atoms with Crippen molar-refractivity contribution in [1.29, 1.82) is 0 Å². The fraction of sp³-hybridized carbons (Fsp3) is 0.409. The van der Waals surface area contributed by atoms with E-state index < -0.39 is 0 Å². The maximum Gasteiger partial charge on any atom is 0.317 e. The van der Waals surface area contributed by atoms with Crippen LogP contribution in [0.5, 0.6) is 11.8 Å². The maximum atomic E-state index is 12.6. The van der Waals surface area contributed by atoms with E-state index in [1.54, 1.807) is 13.2 Å². The second-order valence-electron chi connectivity index (χ2n) is 7.51. The predicted octanol–water partition coefficient (Wildman–Crippen LogP) is 3.97. The molecule has 7 nitrogen and oxygen atoms in total. The number of amides is 1. The second-order valence-corrected chi connectivity index (χ2v) is 7.51. The number of rotatable bonds is 5. The molecule has 3 aromatic rings. The zero-order valence-electron chi connectivity index (χ0n) is 16.9. The lowest BCUT2D eigenvalue weighted by Crippen LogP contribution is -2.39. The van der Waals surface area contributed by atoms with Gasteiger partial charge in [-0.2, -0.15) is 0 Å². The number of methoxy groups -OCH3 is 1. The summed E-state index contributed by atoms with van der Waals surface area (Å²) in [6.07, 6.45) is 3.45. The molecule has 0 aliphatic heterocycles. The standard InChI is InChI=1S/C22H25N3O4/c1-13-10-14(2)24-22(23-13)28-17-6-4-16(5-7-17)25-21(26)20-12-15-11-18(27-3)8-9-19(15)29-20/h8-12,16-17H,4-7H2,1-3H3,(H,25,26). The van der Waals surface area contributed by atoms with Crippen molar-refractivity contribution >= 4 is 16.9 Å². The molecule has 2 heterocycles. The molecule has 29 heavy (non-hydrogen) atoms. The summed E-state index contributed by atoms with van der Waals surface area (Å²) in [7, 11) is 1.61. The van der Waals surface area contributed by atoms with Crippen LogP contribution in [0, 0.1) is 13.8 Å². The summed E-state index contributed by atoms with van der Waals surface area (Å²) in [6, 6.07) is 9.69. The van der Waals surface area contributed by atoms with Crippen LogP contribution in [0.3, 0.4) is 0 Å². The number of furan rings is 1. The molecule has 7 heteroatoms. The molecule has 1 aromatic carbocycles. The van der Waals surface area contributed by atoms with Crippen LogP contribution >= 0.6 is 0 Å². The van der Waals surface area contributed by atoms with Gasteiger partial charge in [0.15, 0.2) is 5.76 Å². The molecule has 1 saturated carbocycles. The first-order chi connectivity index (χ1) is 14.0. The van der Waals surface area contributed by atoms with Gasteiger partial charge >= 0.3 is 6.01 Å². The first-order valence-electron chi connectivity index (χ1n) is 9.87. The summed E-state index contributed by atoms with van der Waals surface area (Å²) in [6.45, 7) is 3.87. The van der Waals surface area contributed by atoms with Crippen molar-refractivity contribution in [2.24, 2.45) is 0 Å². The normalized spacial score (nSPS) is 19.1. The molecule has 1 fully saturated rings. The van der Waals surface area contributed by atoms with E-state index in [0.717, 1.165) is 48.2 Å². The second kappa shape index (κ2) is 8.11. The number of carbonyl (C=O) groups is 1. The number of aryl methyl sites for hydroxylation is 2. The lowest BCUT2D eigenvalue weighted by molar-refractivity contribution is 0.0860. The van der Waals surface area contributed by atoms with Crippen LogP contribution in [0.1, 0.15) is 47.6 Å². The Morgan fingerprint density at radius 2 is 1.79 bits per heavy atom. The average molecular weight is 395 g/mol. The summed E-state index contributed by atoms with van der Waals surface area (Å²) >= 11 is 0. The van der Waals surface area contributed by atoms with Gasteiger partial charge in [0, 0.05) is 22.8 Å². The molecule has 0 bridgehead atoms. The fourth-order valence-corrected chi connectivity index (χ4v) is 3.74. The Bertz CT molecular complexity index is 1000. The summed E-state index contributed by atoms with van der Waals surface area (Å²) in [5.74, 6) is 0.855. The van der Waals surface area contributed by atoms with Crippen molar-refractivity contribution in [2.75, 3.05) is 7.11 Å². The van der Waals surface area contributed by atoms with E-state index in [4.69, 9.17) is 13.9 Å². The zero-order chi connectivity index (χ0) is 20.4. The van der Waals surface area contributed by atoms with Gasteiger partial charge in [0.2, 0.25) is 0 Å². The third-order valence-electron chi connectivity index (χ3n) is 5.19. The number of ether oxygens (including phenoxy) is 2. The number of aromatic nitrogens is 2. The minimum absolute atomic E-state index is 0.0722. The Kier molecular flexibility index (Phi) is 5.38. The molecule has 0 radical (unpaired) electrons. The molecule has 1 aliphatic rings. The summed E-state index contributed by atoms with van der Waals surface area (Å²) in [5.41, 5.74) is 2.47. The zero-order valence-corrected chi connectivity index (χ0v) is 16.9. The number of fused-ring (bicyclic) bond motifs is 1. The van der Waals surface area contributed by atoms with Crippen LogP contribution in [0.25, 0.3) is 11.0 Å². The van der Waals surface area contributed by atoms with Crippen molar-refractivity contribution in [3.63, 3.8) is 0 Å². The highest BCUT2D eigenvalue weighted by atomic mass is 16.5. The molecule has 0 spiro atoms. The van der Waals surface area contributed by atoms with Gasteiger partial charge in [0.1, 0.15) is 17.4 Å². The summed E-state index contributed by atoms with van der Waals surface area (Å²) in [4.78, 5) is 21.3. The van der Waals surface area contributed by atoms with E-state index in [9.17, 15) is 4.79 Å². The van der Waals surface area contributed by atoms with E-state index in [2.05, 4.69) is 15.3 Å². The molecule has 0 unspecified atom stereocenters. The van der Waals surface area contributed by atoms with Gasteiger partial charge in [-0.15, -0.1) is 0 Å². The number of carbonyl (C=O) groups excluding carboxylic acids is 1. The SMILES string of the molecule is COc1ccc2oc(C(=O)NC3CCC(Oc4nc(C)cc(C)n4)CC3)cc2c1. The van der Waals surface area contributed by atoms with Gasteiger partial charge < -0.3 is 19.2 Å². The van der Waals surface area contributed by atoms with Crippen LogP contribution in [-0.4, -0.2) is 35.1 Å². The Morgan fingerprint density at radius 3 is 2.48 bits per heavy atom. The van der Waals surface area contributed by atoms with E-state index in [-0.39, 0.29) is 18.1 Å². The predicted molar refractivity (Wildman–Crippen MR) is 108 cm³/mol. The van der Waals surface area contributed by atoms with Crippen LogP contribution in [0.4, 0.5) is 0 Å². The molecular formula is C22H25N3O4. The van der Waals surface area contributed by atoms with Crippen molar-refractivity contribution in [1.82, 2.24) is 15.3 Å². The Labute approximate surface area is 169 Å². The summed E-state index contributed by atoms with van der Waals surface area (Å²) < 4.78 is 16.9. The highest BCUT2D eigenvalue weighted by Gasteiger charge is 2.25. The molecule has 1 N–H and O–H groups in total. The minimum atomic E-state index is -0.192. The minimum Gasteiger partial charge on any atom is -0.497 e. The van der Waals surface area contributed by atoms with E-state index in [0.29, 0.717) is 17.4 Å². The molecule has 1 aliphatic carbocycles. The van der Waals surface area contributed by atoms with E-state index >= 15 is 0 Å². The summed E-state index contributed by atoms with van der Waals surface area (Å²) in [5, 5.41) is 3.92. The molecule has 0 atom stereocenters. The van der Waals surface area contributed by atoms with Gasteiger partial charge in [-0.25, -0.2) is 9.97 Å². The van der Waals surface area contributed by atoms with Crippen molar-refractivity contribution in [2.45, 2.75) is 51.7 Å². The van der Waals surface area contributed by atoms with Crippen LogP contribution < -0.4 is 14.8 Å². The van der Waals surface area contributed by atoms with Crippen LogP contribution in [0.2, 0.25) is 0 Å². The largest absolute Gasteiger partial charge is 0.497 e. The Hall–Kier alpha value is -3.09. The fourth-order valence-electron chi connectivity index (χ4n) is 3.74. The van der Waals surface area contributed by atoms with Gasteiger partial charge in [0.05, 0.1) is 7.11 Å². The van der Waals surface area contributed by atoms with Crippen LogP contribution in [0.15, 0.2) is 34.7 Å². The van der Waals surface area contributed by atoms with Crippen LogP contribution in [-0.2, 0) is 0 Å². The molecule has 152 valence electrons. The topological polar surface area (TPSA) is 86.5 Å². The average Bonchev–Trinajstić information content (AvgIpc) is 3.12. The number of nitrogens with one attached hydrogen (secondary N) is 1. The van der Waals surface area contributed by atoms with Crippen molar-refractivity contribution < 1.29 is 18.7 Å². The molecule has 1 amide bonds. The van der Waals surface area contributed by atoms with E-state index in [1.807, 2.05) is 38.1 Å². The van der Waals surface area contributed by atoms with Gasteiger partial charge in [-0.1, -0.05) is 0 Å². The highest BCUT2D eigenvalue weighted by Crippen LogP contribution is 2.26. The Balaban J connectivity index is 1.32. The van der Waals surface area contributed by atoms with Crippen molar-refractivity contribution in [3.8, 4) is 11.8 Å². The number of benzene rings is 1. The highest BCUT2D eigenvalue weighted by molar-refractivity contribution is 5.96. The first kappa shape index (κ1) is 19.2. The quantitative estimate of drug-likeness (QED) is 0.703. The maximum absolute atomic E-state index is 12.6. The van der Waals surface area contributed by atoms with Gasteiger partial charge in [0.25, 0.3) is 5.91 Å². The molecular weight excluding hydrogens is 370 g/mol. The first-order valence-corrected chi connectivity index (χ1v) is 9.87. The number of hydrogen-bond donors (Lipinski definition) is 1. The van der Waals surface area contributed by atoms with Gasteiger partial charge in [-0.3, -0.25) is 4.79 Å². The number of nitrogens with zero attached hydrogens (tertiary/aromatic N) is 2. The van der Waals surface area contributed by atoms with Gasteiger partial charge in [-0.05, 0) is 69.9 Å². The Morgan fingerprint density at radius 1 is 1.07 bits per heavy atom. The smallest absolute Gasteiger partial charge is 0.317 e. The van der Waals surface area contributed by atoms with Crippen molar-refractivity contribution in [3.05, 3.63) is 47.5 Å². The third kappa shape index (κ3) is 4.50. The number of hydrogen-bond acceptors (Lipinski definition) is 6.